The number of carbonyl (C=O) groups excluding carboxylic acids is 2. The smallest absolute Gasteiger partial charge is 0.243 e. The molecule has 1 atom stereocenters. The van der Waals surface area contributed by atoms with Crippen molar-refractivity contribution in [1.82, 2.24) is 10.2 Å². The lowest BCUT2D eigenvalue weighted by molar-refractivity contribution is -0.141. The zero-order chi connectivity index (χ0) is 28.7. The van der Waals surface area contributed by atoms with Gasteiger partial charge in [0.2, 0.25) is 21.8 Å². The first kappa shape index (κ1) is 31.5. The maximum atomic E-state index is 13.6. The summed E-state index contributed by atoms with van der Waals surface area (Å²) in [4.78, 5) is 28.5. The van der Waals surface area contributed by atoms with E-state index in [0.717, 1.165) is 43.1 Å². The van der Waals surface area contributed by atoms with Crippen LogP contribution >= 0.6 is 34.8 Å². The molecule has 0 unspecified atom stereocenters. The molecule has 0 spiro atoms. The molecule has 0 heterocycles. The Labute approximate surface area is 246 Å². The molecule has 0 aliphatic heterocycles. The SMILES string of the molecule is CC[C@@H](C(=O)NC1CCCC1)N(Cc1ccc(Cl)c(Cl)c1)C(=O)CCCN(c1cc(Cl)ccc1C)S(C)(=O)=O. The summed E-state index contributed by atoms with van der Waals surface area (Å²) in [5, 5.41) is 4.31. The van der Waals surface area contributed by atoms with E-state index >= 15 is 0 Å². The maximum Gasteiger partial charge on any atom is 0.243 e. The van der Waals surface area contributed by atoms with Gasteiger partial charge in [0, 0.05) is 30.6 Å². The van der Waals surface area contributed by atoms with Crippen molar-refractivity contribution >= 4 is 62.3 Å². The summed E-state index contributed by atoms with van der Waals surface area (Å²) >= 11 is 18.4. The van der Waals surface area contributed by atoms with E-state index in [4.69, 9.17) is 34.8 Å². The highest BCUT2D eigenvalue weighted by Gasteiger charge is 2.31. The molecule has 1 fully saturated rings. The molecule has 39 heavy (non-hydrogen) atoms. The predicted molar refractivity (Wildman–Crippen MR) is 159 cm³/mol. The van der Waals surface area contributed by atoms with E-state index in [-0.39, 0.29) is 43.8 Å². The van der Waals surface area contributed by atoms with Gasteiger partial charge in [-0.3, -0.25) is 13.9 Å². The molecule has 2 aromatic rings. The second kappa shape index (κ2) is 14.1. The van der Waals surface area contributed by atoms with Crippen molar-refractivity contribution < 1.29 is 18.0 Å². The first-order valence-electron chi connectivity index (χ1n) is 13.2. The van der Waals surface area contributed by atoms with Crippen molar-refractivity contribution in [2.75, 3.05) is 17.1 Å². The fraction of sp³-hybridized carbons (Fsp3) is 0.500. The minimum Gasteiger partial charge on any atom is -0.352 e. The molecule has 2 amide bonds. The number of hydrogen-bond acceptors (Lipinski definition) is 4. The topological polar surface area (TPSA) is 86.8 Å². The first-order chi connectivity index (χ1) is 18.4. The van der Waals surface area contributed by atoms with Crippen LogP contribution in [0.3, 0.4) is 0 Å². The average molecular weight is 617 g/mol. The fourth-order valence-electron chi connectivity index (χ4n) is 4.96. The lowest BCUT2D eigenvalue weighted by Gasteiger charge is -2.32. The fourth-order valence-corrected chi connectivity index (χ4v) is 6.46. The van der Waals surface area contributed by atoms with Crippen LogP contribution in [0.25, 0.3) is 0 Å². The molecule has 1 N–H and O–H groups in total. The number of aryl methyl sites for hydroxylation is 1. The number of rotatable bonds is 12. The molecule has 214 valence electrons. The minimum absolute atomic E-state index is 0.0557. The third kappa shape index (κ3) is 8.74. The highest BCUT2D eigenvalue weighted by Crippen LogP contribution is 2.28. The number of hydrogen-bond donors (Lipinski definition) is 1. The second-order valence-electron chi connectivity index (χ2n) is 10.1. The van der Waals surface area contributed by atoms with Crippen molar-refractivity contribution in [2.24, 2.45) is 0 Å². The predicted octanol–water partition coefficient (Wildman–Crippen LogP) is 6.37. The molecule has 0 aromatic heterocycles. The Morgan fingerprint density at radius 1 is 1.05 bits per heavy atom. The molecule has 0 bridgehead atoms. The van der Waals surface area contributed by atoms with Gasteiger partial charge in [-0.2, -0.15) is 0 Å². The Morgan fingerprint density at radius 2 is 1.74 bits per heavy atom. The standard InChI is InChI=1S/C28H36Cl3N3O4S/c1-4-25(28(36)32-22-8-5-6-9-22)33(18-20-12-14-23(30)24(31)16-20)27(35)10-7-15-34(39(3,37)38)26-17-21(29)13-11-19(26)2/h11-14,16-17,22,25H,4-10,15,18H2,1-3H3,(H,32,36)/t25-/m0/s1. The van der Waals surface area contributed by atoms with E-state index in [1.165, 1.54) is 4.31 Å². The molecule has 11 heteroatoms. The molecule has 1 saturated carbocycles. The van der Waals surface area contributed by atoms with Crippen LogP contribution in [0.15, 0.2) is 36.4 Å². The van der Waals surface area contributed by atoms with Gasteiger partial charge >= 0.3 is 0 Å². The molecule has 1 aliphatic rings. The van der Waals surface area contributed by atoms with Crippen LogP contribution in [0, 0.1) is 6.92 Å². The quantitative estimate of drug-likeness (QED) is 0.300. The summed E-state index contributed by atoms with van der Waals surface area (Å²) in [6.07, 6.45) is 5.92. The normalized spacial score (nSPS) is 14.7. The first-order valence-corrected chi connectivity index (χ1v) is 16.2. The number of benzene rings is 2. The summed E-state index contributed by atoms with van der Waals surface area (Å²) in [6, 6.07) is 9.66. The van der Waals surface area contributed by atoms with Crippen molar-refractivity contribution in [3.63, 3.8) is 0 Å². The monoisotopic (exact) mass is 615 g/mol. The van der Waals surface area contributed by atoms with Crippen LogP contribution in [-0.4, -0.2) is 50.0 Å². The molecule has 2 aromatic carbocycles. The Hall–Kier alpha value is -2.00. The minimum atomic E-state index is -3.62. The zero-order valence-electron chi connectivity index (χ0n) is 22.6. The van der Waals surface area contributed by atoms with Gasteiger partial charge < -0.3 is 10.2 Å². The van der Waals surface area contributed by atoms with Crippen LogP contribution in [0.4, 0.5) is 5.69 Å². The largest absolute Gasteiger partial charge is 0.352 e. The van der Waals surface area contributed by atoms with Gasteiger partial charge in [-0.15, -0.1) is 0 Å². The van der Waals surface area contributed by atoms with Crippen LogP contribution in [0.5, 0.6) is 0 Å². The van der Waals surface area contributed by atoms with Crippen molar-refractivity contribution in [1.29, 1.82) is 0 Å². The van der Waals surface area contributed by atoms with Gasteiger partial charge in [-0.1, -0.05) is 66.7 Å². The van der Waals surface area contributed by atoms with E-state index in [1.54, 1.807) is 41.3 Å². The molecular weight excluding hydrogens is 581 g/mol. The maximum absolute atomic E-state index is 13.6. The summed E-state index contributed by atoms with van der Waals surface area (Å²) in [7, 11) is -3.62. The molecule has 7 nitrogen and oxygen atoms in total. The number of sulfonamides is 1. The second-order valence-corrected chi connectivity index (χ2v) is 13.2. The number of nitrogens with one attached hydrogen (secondary N) is 1. The Kier molecular flexibility index (Phi) is 11.4. The van der Waals surface area contributed by atoms with Crippen molar-refractivity contribution in [3.8, 4) is 0 Å². The van der Waals surface area contributed by atoms with Gasteiger partial charge in [0.05, 0.1) is 22.0 Å². The Balaban J connectivity index is 1.80. The van der Waals surface area contributed by atoms with Gasteiger partial charge in [0.25, 0.3) is 0 Å². The molecule has 0 saturated heterocycles. The van der Waals surface area contributed by atoms with E-state index in [9.17, 15) is 18.0 Å². The van der Waals surface area contributed by atoms with E-state index < -0.39 is 16.1 Å². The van der Waals surface area contributed by atoms with E-state index in [0.29, 0.717) is 27.2 Å². The summed E-state index contributed by atoms with van der Waals surface area (Å²) in [5.41, 5.74) is 1.98. The van der Waals surface area contributed by atoms with Crippen LogP contribution in [-0.2, 0) is 26.2 Å². The number of carbonyl (C=O) groups is 2. The Bertz CT molecular complexity index is 1280. The number of anilines is 1. The average Bonchev–Trinajstić information content (AvgIpc) is 3.37. The molecule has 1 aliphatic carbocycles. The lowest BCUT2D eigenvalue weighted by atomic mass is 10.1. The van der Waals surface area contributed by atoms with Gasteiger partial charge in [0.15, 0.2) is 0 Å². The summed E-state index contributed by atoms with van der Waals surface area (Å²) in [6.45, 7) is 3.96. The summed E-state index contributed by atoms with van der Waals surface area (Å²) < 4.78 is 26.5. The van der Waals surface area contributed by atoms with Crippen molar-refractivity contribution in [3.05, 3.63) is 62.6 Å². The van der Waals surface area contributed by atoms with Gasteiger partial charge in [0.1, 0.15) is 6.04 Å². The molecule has 3 rings (SSSR count). The zero-order valence-corrected chi connectivity index (χ0v) is 25.6. The third-order valence-electron chi connectivity index (χ3n) is 7.02. The van der Waals surface area contributed by atoms with Crippen molar-refractivity contribution in [2.45, 2.75) is 77.4 Å². The van der Waals surface area contributed by atoms with Gasteiger partial charge in [-0.25, -0.2) is 8.42 Å². The van der Waals surface area contributed by atoms with E-state index in [1.807, 2.05) is 13.8 Å². The molecular formula is C28H36Cl3N3O4S. The highest BCUT2D eigenvalue weighted by molar-refractivity contribution is 7.92. The number of nitrogens with zero attached hydrogens (tertiary/aromatic N) is 2. The summed E-state index contributed by atoms with van der Waals surface area (Å²) in [5.74, 6) is -0.420. The van der Waals surface area contributed by atoms with Crippen LogP contribution < -0.4 is 9.62 Å². The van der Waals surface area contributed by atoms with Crippen LogP contribution in [0.2, 0.25) is 15.1 Å². The lowest BCUT2D eigenvalue weighted by Crippen LogP contribution is -2.51. The van der Waals surface area contributed by atoms with E-state index in [2.05, 4.69) is 5.32 Å². The highest BCUT2D eigenvalue weighted by atomic mass is 35.5. The van der Waals surface area contributed by atoms with Crippen LogP contribution in [0.1, 0.15) is 63.0 Å². The Morgan fingerprint density at radius 3 is 2.36 bits per heavy atom. The third-order valence-corrected chi connectivity index (χ3v) is 9.17. The number of halogens is 3. The number of amides is 2. The molecule has 0 radical (unpaired) electrons. The van der Waals surface area contributed by atoms with Gasteiger partial charge in [-0.05, 0) is 68.0 Å².